The summed E-state index contributed by atoms with van der Waals surface area (Å²) in [5, 5.41) is 0.554. The molecule has 0 fully saturated rings. The summed E-state index contributed by atoms with van der Waals surface area (Å²) in [4.78, 5) is 12.9. The fourth-order valence-electron chi connectivity index (χ4n) is 1.68. The molecule has 0 bridgehead atoms. The van der Waals surface area contributed by atoms with Crippen molar-refractivity contribution in [2.75, 3.05) is 0 Å². The Kier molecular flexibility index (Phi) is 4.88. The topological polar surface area (TPSA) is 38.7 Å². The van der Waals surface area contributed by atoms with Crippen LogP contribution in [0, 0.1) is 3.57 Å². The number of hydrogen-bond acceptors (Lipinski definition) is 3. The van der Waals surface area contributed by atoms with E-state index in [-0.39, 0.29) is 0 Å². The van der Waals surface area contributed by atoms with Crippen LogP contribution in [0.5, 0.6) is 0 Å². The van der Waals surface area contributed by atoms with E-state index >= 15 is 0 Å². The van der Waals surface area contributed by atoms with Crippen molar-refractivity contribution >= 4 is 34.2 Å². The highest BCUT2D eigenvalue weighted by atomic mass is 127. The second-order valence-corrected chi connectivity index (χ2v) is 5.41. The van der Waals surface area contributed by atoms with E-state index in [1.54, 1.807) is 12.4 Å². The molecular formula is C13H13ClIN3. The number of pyridine rings is 1. The van der Waals surface area contributed by atoms with Crippen molar-refractivity contribution < 1.29 is 0 Å². The van der Waals surface area contributed by atoms with Crippen LogP contribution in [0.3, 0.4) is 0 Å². The van der Waals surface area contributed by atoms with Crippen LogP contribution in [-0.2, 0) is 12.8 Å². The molecule has 0 aliphatic heterocycles. The molecule has 0 N–H and O–H groups in total. The van der Waals surface area contributed by atoms with Gasteiger partial charge in [0.05, 0.1) is 9.26 Å². The van der Waals surface area contributed by atoms with Crippen LogP contribution in [0.1, 0.15) is 30.4 Å². The van der Waals surface area contributed by atoms with Crippen LogP contribution in [0.15, 0.2) is 24.5 Å². The molecular weight excluding hydrogens is 361 g/mol. The Morgan fingerprint density at radius 3 is 2.61 bits per heavy atom. The summed E-state index contributed by atoms with van der Waals surface area (Å²) in [5.74, 6) is 0.773. The molecule has 2 heterocycles. The summed E-state index contributed by atoms with van der Waals surface area (Å²) in [6, 6.07) is 3.93. The monoisotopic (exact) mass is 373 g/mol. The van der Waals surface area contributed by atoms with Gasteiger partial charge in [-0.3, -0.25) is 4.98 Å². The highest BCUT2D eigenvalue weighted by Gasteiger charge is 2.10. The standard InChI is InChI=1S/C13H13ClIN3/c1-2-3-10-12(15)13(14)18-11(17-10)8-9-4-6-16-7-5-9/h4-7H,2-3,8H2,1H3. The van der Waals surface area contributed by atoms with Gasteiger partial charge in [0, 0.05) is 18.8 Å². The zero-order valence-corrected chi connectivity index (χ0v) is 12.9. The molecule has 0 aliphatic rings. The normalized spacial score (nSPS) is 10.6. The van der Waals surface area contributed by atoms with Crippen LogP contribution < -0.4 is 0 Å². The van der Waals surface area contributed by atoms with Crippen molar-refractivity contribution in [1.29, 1.82) is 0 Å². The Labute approximate surface area is 125 Å². The minimum absolute atomic E-state index is 0.554. The molecule has 0 atom stereocenters. The molecule has 0 radical (unpaired) electrons. The quantitative estimate of drug-likeness (QED) is 0.606. The van der Waals surface area contributed by atoms with Gasteiger partial charge in [-0.25, -0.2) is 9.97 Å². The SMILES string of the molecule is CCCc1nc(Cc2ccncc2)nc(Cl)c1I. The van der Waals surface area contributed by atoms with Crippen LogP contribution >= 0.6 is 34.2 Å². The largest absolute Gasteiger partial charge is 0.265 e. The molecule has 0 aromatic carbocycles. The Bertz CT molecular complexity index is 531. The molecule has 2 aromatic heterocycles. The highest BCUT2D eigenvalue weighted by Crippen LogP contribution is 2.21. The fraction of sp³-hybridized carbons (Fsp3) is 0.308. The first kappa shape index (κ1) is 13.7. The van der Waals surface area contributed by atoms with Gasteiger partial charge in [0.25, 0.3) is 0 Å². The Morgan fingerprint density at radius 1 is 1.22 bits per heavy atom. The molecule has 0 aliphatic carbocycles. The van der Waals surface area contributed by atoms with Crippen LogP contribution in [-0.4, -0.2) is 15.0 Å². The minimum atomic E-state index is 0.554. The van der Waals surface area contributed by atoms with Crippen LogP contribution in [0.25, 0.3) is 0 Å². The molecule has 5 heteroatoms. The smallest absolute Gasteiger partial charge is 0.146 e. The average molecular weight is 374 g/mol. The molecule has 0 saturated carbocycles. The lowest BCUT2D eigenvalue weighted by Gasteiger charge is -2.07. The van der Waals surface area contributed by atoms with Gasteiger partial charge in [0.2, 0.25) is 0 Å². The molecule has 3 nitrogen and oxygen atoms in total. The molecule has 0 saturated heterocycles. The van der Waals surface area contributed by atoms with Gasteiger partial charge in [-0.2, -0.15) is 0 Å². The van der Waals surface area contributed by atoms with Crippen molar-refractivity contribution in [3.8, 4) is 0 Å². The molecule has 0 unspecified atom stereocenters. The van der Waals surface area contributed by atoms with Gasteiger partial charge < -0.3 is 0 Å². The van der Waals surface area contributed by atoms with Gasteiger partial charge in [0.1, 0.15) is 11.0 Å². The lowest BCUT2D eigenvalue weighted by molar-refractivity contribution is 0.832. The third-order valence-electron chi connectivity index (χ3n) is 2.52. The molecule has 2 rings (SSSR count). The van der Waals surface area contributed by atoms with E-state index in [2.05, 4.69) is 44.5 Å². The number of aryl methyl sites for hydroxylation is 1. The van der Waals surface area contributed by atoms with E-state index in [4.69, 9.17) is 11.6 Å². The number of hydrogen-bond donors (Lipinski definition) is 0. The first-order valence-corrected chi connectivity index (χ1v) is 7.26. The second kappa shape index (κ2) is 6.43. The van der Waals surface area contributed by atoms with E-state index < -0.39 is 0 Å². The Hall–Kier alpha value is -0.750. The zero-order valence-electron chi connectivity index (χ0n) is 10.0. The third kappa shape index (κ3) is 3.38. The highest BCUT2D eigenvalue weighted by molar-refractivity contribution is 14.1. The number of aromatic nitrogens is 3. The Balaban J connectivity index is 2.28. The number of nitrogens with zero attached hydrogens (tertiary/aromatic N) is 3. The molecule has 94 valence electrons. The first-order chi connectivity index (χ1) is 8.70. The molecule has 0 spiro atoms. The number of halogens is 2. The number of rotatable bonds is 4. The van der Waals surface area contributed by atoms with Gasteiger partial charge >= 0.3 is 0 Å². The zero-order chi connectivity index (χ0) is 13.0. The summed E-state index contributed by atoms with van der Waals surface area (Å²) >= 11 is 8.36. The molecule has 0 amide bonds. The maximum absolute atomic E-state index is 6.15. The van der Waals surface area contributed by atoms with Gasteiger partial charge in [-0.05, 0) is 46.7 Å². The first-order valence-electron chi connectivity index (χ1n) is 5.80. The van der Waals surface area contributed by atoms with Crippen molar-refractivity contribution in [3.63, 3.8) is 0 Å². The lowest BCUT2D eigenvalue weighted by Crippen LogP contribution is -2.04. The fourth-order valence-corrected chi connectivity index (χ4v) is 2.39. The predicted octanol–water partition coefficient (Wildman–Crippen LogP) is 3.67. The average Bonchev–Trinajstić information content (AvgIpc) is 2.37. The van der Waals surface area contributed by atoms with Crippen LogP contribution in [0.4, 0.5) is 0 Å². The maximum Gasteiger partial charge on any atom is 0.146 e. The maximum atomic E-state index is 6.15. The summed E-state index contributed by atoms with van der Waals surface area (Å²) in [6.07, 6.45) is 6.23. The predicted molar refractivity (Wildman–Crippen MR) is 80.8 cm³/mol. The lowest BCUT2D eigenvalue weighted by atomic mass is 10.2. The third-order valence-corrected chi connectivity index (χ3v) is 4.25. The van der Waals surface area contributed by atoms with Crippen molar-refractivity contribution in [3.05, 3.63) is 50.3 Å². The van der Waals surface area contributed by atoms with Gasteiger partial charge in [-0.1, -0.05) is 24.9 Å². The summed E-state index contributed by atoms with van der Waals surface area (Å²) < 4.78 is 0.967. The summed E-state index contributed by atoms with van der Waals surface area (Å²) in [6.45, 7) is 2.13. The Morgan fingerprint density at radius 2 is 1.94 bits per heavy atom. The van der Waals surface area contributed by atoms with Gasteiger partial charge in [0.15, 0.2) is 0 Å². The van der Waals surface area contributed by atoms with Crippen molar-refractivity contribution in [2.45, 2.75) is 26.2 Å². The van der Waals surface area contributed by atoms with Gasteiger partial charge in [-0.15, -0.1) is 0 Å². The summed E-state index contributed by atoms with van der Waals surface area (Å²) in [7, 11) is 0. The summed E-state index contributed by atoms with van der Waals surface area (Å²) in [5.41, 5.74) is 2.19. The minimum Gasteiger partial charge on any atom is -0.265 e. The van der Waals surface area contributed by atoms with Crippen LogP contribution in [0.2, 0.25) is 5.15 Å². The molecule has 2 aromatic rings. The van der Waals surface area contributed by atoms with E-state index in [9.17, 15) is 0 Å². The molecule has 18 heavy (non-hydrogen) atoms. The van der Waals surface area contributed by atoms with E-state index in [0.29, 0.717) is 11.6 Å². The van der Waals surface area contributed by atoms with E-state index in [0.717, 1.165) is 33.5 Å². The van der Waals surface area contributed by atoms with Crippen molar-refractivity contribution in [1.82, 2.24) is 15.0 Å². The van der Waals surface area contributed by atoms with Crippen molar-refractivity contribution in [2.24, 2.45) is 0 Å². The van der Waals surface area contributed by atoms with E-state index in [1.165, 1.54) is 0 Å². The second-order valence-electron chi connectivity index (χ2n) is 3.97. The van der Waals surface area contributed by atoms with E-state index in [1.807, 2.05) is 12.1 Å².